The van der Waals surface area contributed by atoms with Crippen molar-refractivity contribution in [2.75, 3.05) is 0 Å². The van der Waals surface area contributed by atoms with Gasteiger partial charge in [-0.3, -0.25) is 0 Å². The van der Waals surface area contributed by atoms with Crippen LogP contribution in [-0.4, -0.2) is 0 Å². The predicted octanol–water partition coefficient (Wildman–Crippen LogP) is 9.45. The van der Waals surface area contributed by atoms with E-state index >= 15 is 0 Å². The van der Waals surface area contributed by atoms with Gasteiger partial charge in [0.05, 0.1) is 0 Å². The molecule has 3 aliphatic rings. The first-order chi connectivity index (χ1) is 15.6. The highest BCUT2D eigenvalue weighted by atomic mass is 19.2. The van der Waals surface area contributed by atoms with Crippen molar-refractivity contribution in [3.05, 3.63) is 47.5 Å². The SMILES string of the molecule is C=Cc1ccc(/C=C/C2CCC(C3CCC(C4CCC(CC)CC4)CC3)CC2)c(F)c1F. The van der Waals surface area contributed by atoms with Gasteiger partial charge in [0, 0.05) is 11.1 Å². The Morgan fingerprint density at radius 3 is 1.66 bits per heavy atom. The van der Waals surface area contributed by atoms with Gasteiger partial charge >= 0.3 is 0 Å². The molecule has 2 heteroatoms. The van der Waals surface area contributed by atoms with Crippen LogP contribution in [0.25, 0.3) is 12.2 Å². The minimum atomic E-state index is -0.792. The van der Waals surface area contributed by atoms with E-state index in [4.69, 9.17) is 0 Å². The van der Waals surface area contributed by atoms with Crippen molar-refractivity contribution in [1.82, 2.24) is 0 Å². The molecule has 0 aromatic heterocycles. The normalized spacial score (nSPS) is 34.0. The number of hydrogen-bond donors (Lipinski definition) is 0. The lowest BCUT2D eigenvalue weighted by molar-refractivity contribution is 0.108. The van der Waals surface area contributed by atoms with Crippen LogP contribution < -0.4 is 0 Å². The lowest BCUT2D eigenvalue weighted by atomic mass is 9.65. The summed E-state index contributed by atoms with van der Waals surface area (Å²) in [6, 6.07) is 3.26. The summed E-state index contributed by atoms with van der Waals surface area (Å²) >= 11 is 0. The number of allylic oxidation sites excluding steroid dienone is 1. The van der Waals surface area contributed by atoms with Gasteiger partial charge in [-0.05, 0) is 99.7 Å². The van der Waals surface area contributed by atoms with E-state index in [1.165, 1.54) is 89.5 Å². The van der Waals surface area contributed by atoms with E-state index in [1.54, 1.807) is 18.2 Å². The summed E-state index contributed by atoms with van der Waals surface area (Å²) in [7, 11) is 0. The Morgan fingerprint density at radius 1 is 0.719 bits per heavy atom. The van der Waals surface area contributed by atoms with Crippen molar-refractivity contribution in [3.63, 3.8) is 0 Å². The van der Waals surface area contributed by atoms with Gasteiger partial charge in [0.25, 0.3) is 0 Å². The second-order valence-electron chi connectivity index (χ2n) is 11.0. The molecule has 3 fully saturated rings. The summed E-state index contributed by atoms with van der Waals surface area (Å²) in [5.41, 5.74) is 0.574. The Morgan fingerprint density at radius 2 is 1.16 bits per heavy atom. The van der Waals surface area contributed by atoms with E-state index in [9.17, 15) is 8.78 Å². The van der Waals surface area contributed by atoms with Crippen LogP contribution in [0.1, 0.15) is 102 Å². The molecule has 32 heavy (non-hydrogen) atoms. The summed E-state index contributed by atoms with van der Waals surface area (Å²) in [5, 5.41) is 0. The third kappa shape index (κ3) is 5.54. The monoisotopic (exact) mass is 440 g/mol. The first-order valence-corrected chi connectivity index (χ1v) is 13.4. The lowest BCUT2D eigenvalue weighted by Crippen LogP contribution is -2.29. The highest BCUT2D eigenvalue weighted by Crippen LogP contribution is 2.46. The van der Waals surface area contributed by atoms with Gasteiger partial charge in [-0.1, -0.05) is 63.1 Å². The molecule has 3 aliphatic carbocycles. The molecule has 3 saturated carbocycles. The Balaban J connectivity index is 1.21. The van der Waals surface area contributed by atoms with E-state index in [0.29, 0.717) is 11.5 Å². The van der Waals surface area contributed by atoms with Crippen LogP contribution in [0.15, 0.2) is 24.8 Å². The average molecular weight is 441 g/mol. The molecule has 0 saturated heterocycles. The maximum atomic E-state index is 14.2. The Hall–Kier alpha value is -1.44. The Bertz CT molecular complexity index is 770. The van der Waals surface area contributed by atoms with Crippen molar-refractivity contribution < 1.29 is 8.78 Å². The molecular weight excluding hydrogens is 398 g/mol. The molecule has 1 aromatic rings. The van der Waals surface area contributed by atoms with Gasteiger partial charge in [0.2, 0.25) is 0 Å². The molecule has 1 aromatic carbocycles. The van der Waals surface area contributed by atoms with Gasteiger partial charge in [-0.25, -0.2) is 8.78 Å². The van der Waals surface area contributed by atoms with Crippen molar-refractivity contribution in [1.29, 1.82) is 0 Å². The molecule has 4 rings (SSSR count). The second kappa shape index (κ2) is 11.1. The highest BCUT2D eigenvalue weighted by molar-refractivity contribution is 5.56. The smallest absolute Gasteiger partial charge is 0.166 e. The fraction of sp³-hybridized carbons (Fsp3) is 0.667. The first kappa shape index (κ1) is 23.7. The van der Waals surface area contributed by atoms with Gasteiger partial charge in [-0.2, -0.15) is 0 Å². The number of benzene rings is 1. The largest absolute Gasteiger partial charge is 0.203 e. The zero-order valence-electron chi connectivity index (χ0n) is 20.0. The van der Waals surface area contributed by atoms with Crippen LogP contribution in [0.3, 0.4) is 0 Å². The van der Waals surface area contributed by atoms with Crippen molar-refractivity contribution in [2.45, 2.75) is 90.4 Å². The highest BCUT2D eigenvalue weighted by Gasteiger charge is 2.34. The Kier molecular flexibility index (Phi) is 8.24. The standard InChI is InChI=1S/C30H42F2/c1-3-21-5-10-24(11-6-21)26-16-18-27(19-17-26)25-12-7-22(8-13-25)9-14-28-20-15-23(4-2)29(31)30(28)32/h4,9,14-15,20-22,24-27H,2-3,5-8,10-13,16-19H2,1H3/b14-9+. The number of rotatable bonds is 6. The van der Waals surface area contributed by atoms with Crippen molar-refractivity contribution in [3.8, 4) is 0 Å². The summed E-state index contributed by atoms with van der Waals surface area (Å²) in [6.07, 6.45) is 23.4. The summed E-state index contributed by atoms with van der Waals surface area (Å²) in [6.45, 7) is 5.90. The zero-order chi connectivity index (χ0) is 22.5. The molecule has 0 atom stereocenters. The van der Waals surface area contributed by atoms with Gasteiger partial charge < -0.3 is 0 Å². The molecule has 0 unspecified atom stereocenters. The molecular formula is C30H42F2. The van der Waals surface area contributed by atoms with Gasteiger partial charge in [0.1, 0.15) is 0 Å². The second-order valence-corrected chi connectivity index (χ2v) is 11.0. The van der Waals surface area contributed by atoms with E-state index < -0.39 is 11.6 Å². The Labute approximate surface area is 194 Å². The maximum Gasteiger partial charge on any atom is 0.166 e. The van der Waals surface area contributed by atoms with E-state index in [0.717, 1.165) is 29.6 Å². The third-order valence-electron chi connectivity index (χ3n) is 9.34. The average Bonchev–Trinajstić information content (AvgIpc) is 2.85. The fourth-order valence-corrected chi connectivity index (χ4v) is 7.07. The van der Waals surface area contributed by atoms with Crippen LogP contribution in [0.5, 0.6) is 0 Å². The molecule has 0 radical (unpaired) electrons. The molecule has 0 nitrogen and oxygen atoms in total. The third-order valence-corrected chi connectivity index (χ3v) is 9.34. The quantitative estimate of drug-likeness (QED) is 0.413. The van der Waals surface area contributed by atoms with Crippen LogP contribution in [0.2, 0.25) is 0 Å². The molecule has 0 spiro atoms. The first-order valence-electron chi connectivity index (χ1n) is 13.4. The zero-order valence-corrected chi connectivity index (χ0v) is 20.0. The minimum Gasteiger partial charge on any atom is -0.203 e. The van der Waals surface area contributed by atoms with Gasteiger partial charge in [-0.15, -0.1) is 0 Å². The fourth-order valence-electron chi connectivity index (χ4n) is 7.07. The molecule has 0 bridgehead atoms. The van der Waals surface area contributed by atoms with Crippen molar-refractivity contribution in [2.24, 2.45) is 35.5 Å². The maximum absolute atomic E-state index is 14.2. The minimum absolute atomic E-state index is 0.225. The van der Waals surface area contributed by atoms with E-state index in [1.807, 2.05) is 0 Å². The molecule has 0 heterocycles. The topological polar surface area (TPSA) is 0 Å². The lowest BCUT2D eigenvalue weighted by Gasteiger charge is -2.41. The molecule has 0 N–H and O–H groups in total. The van der Waals surface area contributed by atoms with E-state index in [-0.39, 0.29) is 5.56 Å². The molecule has 176 valence electrons. The van der Waals surface area contributed by atoms with Crippen LogP contribution in [-0.2, 0) is 0 Å². The molecule has 0 aliphatic heterocycles. The summed E-state index contributed by atoms with van der Waals surface area (Å²) in [4.78, 5) is 0. The summed E-state index contributed by atoms with van der Waals surface area (Å²) < 4.78 is 28.2. The van der Waals surface area contributed by atoms with Crippen LogP contribution >= 0.6 is 0 Å². The van der Waals surface area contributed by atoms with Gasteiger partial charge in [0.15, 0.2) is 11.6 Å². The predicted molar refractivity (Wildman–Crippen MR) is 132 cm³/mol. The number of halogens is 2. The van der Waals surface area contributed by atoms with Crippen molar-refractivity contribution >= 4 is 12.2 Å². The molecule has 0 amide bonds. The summed E-state index contributed by atoms with van der Waals surface area (Å²) in [5.74, 6) is 3.80. The van der Waals surface area contributed by atoms with Crippen LogP contribution in [0.4, 0.5) is 8.78 Å². The van der Waals surface area contributed by atoms with Crippen LogP contribution in [0, 0.1) is 47.1 Å². The number of hydrogen-bond acceptors (Lipinski definition) is 0. The van der Waals surface area contributed by atoms with E-state index in [2.05, 4.69) is 19.6 Å².